The average molecular weight is 315 g/mol. The van der Waals surface area contributed by atoms with E-state index in [0.29, 0.717) is 22.7 Å². The number of nitrogens with one attached hydrogen (secondary N) is 3. The van der Waals surface area contributed by atoms with E-state index >= 15 is 0 Å². The summed E-state index contributed by atoms with van der Waals surface area (Å²) >= 11 is 0. The number of urea groups is 1. The Morgan fingerprint density at radius 2 is 2.00 bits per heavy atom. The number of anilines is 1. The lowest BCUT2D eigenvalue weighted by molar-refractivity contribution is -0.113. The molecule has 118 valence electrons. The molecule has 1 aliphatic rings. The highest BCUT2D eigenvalue weighted by atomic mass is 19.1. The molecular weight excluding hydrogens is 301 g/mol. The van der Waals surface area contributed by atoms with Crippen molar-refractivity contribution in [2.75, 3.05) is 5.32 Å². The van der Waals surface area contributed by atoms with Crippen molar-refractivity contribution in [2.24, 2.45) is 0 Å². The zero-order valence-corrected chi connectivity index (χ0v) is 12.2. The van der Waals surface area contributed by atoms with Crippen LogP contribution in [-0.2, 0) is 4.79 Å². The van der Waals surface area contributed by atoms with Crippen LogP contribution in [0.2, 0.25) is 0 Å². The second kappa shape index (κ2) is 5.96. The molecule has 0 fully saturated rings. The van der Waals surface area contributed by atoms with Crippen molar-refractivity contribution in [3.05, 3.63) is 65.5 Å². The molecule has 3 N–H and O–H groups in total. The molecule has 3 rings (SSSR count). The molecule has 1 aromatic carbocycles. The monoisotopic (exact) mass is 315 g/mol. The molecule has 3 amide bonds. The maximum atomic E-state index is 12.9. The van der Waals surface area contributed by atoms with Gasteiger partial charge in [-0.2, -0.15) is 0 Å². The van der Waals surface area contributed by atoms with Crippen molar-refractivity contribution in [3.63, 3.8) is 0 Å². The number of carbonyl (C=O) groups is 2. The smallest absolute Gasteiger partial charge is 0.319 e. The summed E-state index contributed by atoms with van der Waals surface area (Å²) in [5, 5.41) is 7.90. The van der Waals surface area contributed by atoms with Crippen molar-refractivity contribution in [1.82, 2.24) is 10.6 Å². The van der Waals surface area contributed by atoms with Crippen molar-refractivity contribution in [2.45, 2.75) is 13.0 Å². The largest absolute Gasteiger partial charge is 0.467 e. The number of hydrogen-bond acceptors (Lipinski definition) is 3. The molecule has 7 heteroatoms. The highest BCUT2D eigenvalue weighted by molar-refractivity contribution is 6.06. The number of furan rings is 1. The van der Waals surface area contributed by atoms with Gasteiger partial charge in [0.05, 0.1) is 11.8 Å². The predicted molar refractivity (Wildman–Crippen MR) is 80.8 cm³/mol. The van der Waals surface area contributed by atoms with Crippen LogP contribution in [0.1, 0.15) is 18.7 Å². The maximum Gasteiger partial charge on any atom is 0.319 e. The van der Waals surface area contributed by atoms with Gasteiger partial charge < -0.3 is 20.4 Å². The maximum absolute atomic E-state index is 12.9. The van der Waals surface area contributed by atoms with Gasteiger partial charge in [0.15, 0.2) is 0 Å². The molecule has 1 aromatic heterocycles. The quantitative estimate of drug-likeness (QED) is 0.814. The first-order valence-electron chi connectivity index (χ1n) is 6.93. The Balaban J connectivity index is 1.90. The van der Waals surface area contributed by atoms with Gasteiger partial charge in [-0.1, -0.05) is 0 Å². The summed E-state index contributed by atoms with van der Waals surface area (Å²) in [6.07, 6.45) is 1.47. The Morgan fingerprint density at radius 3 is 2.65 bits per heavy atom. The van der Waals surface area contributed by atoms with E-state index in [4.69, 9.17) is 4.42 Å². The molecule has 2 aromatic rings. The molecule has 0 aliphatic carbocycles. The molecule has 6 nitrogen and oxygen atoms in total. The van der Waals surface area contributed by atoms with Crippen LogP contribution in [0.3, 0.4) is 0 Å². The Labute approximate surface area is 131 Å². The second-order valence-electron chi connectivity index (χ2n) is 5.05. The summed E-state index contributed by atoms with van der Waals surface area (Å²) in [5.74, 6) is -0.357. The minimum Gasteiger partial charge on any atom is -0.467 e. The Bertz CT molecular complexity index is 766. The van der Waals surface area contributed by atoms with Gasteiger partial charge in [0, 0.05) is 11.4 Å². The second-order valence-corrected chi connectivity index (χ2v) is 5.05. The van der Waals surface area contributed by atoms with Gasteiger partial charge in [0.25, 0.3) is 5.91 Å². The zero-order valence-electron chi connectivity index (χ0n) is 12.2. The first kappa shape index (κ1) is 14.8. The molecule has 0 saturated carbocycles. The van der Waals surface area contributed by atoms with Crippen LogP contribution in [0, 0.1) is 5.82 Å². The van der Waals surface area contributed by atoms with E-state index in [1.54, 1.807) is 19.1 Å². The molecule has 0 unspecified atom stereocenters. The lowest BCUT2D eigenvalue weighted by atomic mass is 10.00. The van der Waals surface area contributed by atoms with E-state index in [2.05, 4.69) is 16.0 Å². The summed E-state index contributed by atoms with van der Waals surface area (Å²) in [5.41, 5.74) is 1.20. The first-order valence-corrected chi connectivity index (χ1v) is 6.93. The predicted octanol–water partition coefficient (Wildman–Crippen LogP) is 2.69. The SMILES string of the molecule is CC1=C(C(=O)Nc2ccc(F)cc2)[C@@H](c2ccco2)NC(=O)N1. The normalized spacial score (nSPS) is 17.5. The van der Waals surface area contributed by atoms with Crippen molar-refractivity contribution in [3.8, 4) is 0 Å². The molecule has 23 heavy (non-hydrogen) atoms. The van der Waals surface area contributed by atoms with Crippen molar-refractivity contribution in [1.29, 1.82) is 0 Å². The fourth-order valence-corrected chi connectivity index (χ4v) is 2.40. The standard InChI is InChI=1S/C16H14FN3O3/c1-9-13(15(21)19-11-6-4-10(17)5-7-11)14(20-16(22)18-9)12-3-2-8-23-12/h2-8,14H,1H3,(H,19,21)(H2,18,20,22)/t14-/m1/s1. The molecule has 1 atom stereocenters. The molecular formula is C16H14FN3O3. The minimum absolute atomic E-state index is 0.323. The molecule has 0 radical (unpaired) electrons. The number of allylic oxidation sites excluding steroid dienone is 1. The van der Waals surface area contributed by atoms with Crippen molar-refractivity contribution >= 4 is 17.6 Å². The van der Waals surface area contributed by atoms with E-state index in [-0.39, 0.29) is 0 Å². The van der Waals surface area contributed by atoms with E-state index < -0.39 is 23.8 Å². The van der Waals surface area contributed by atoms with Gasteiger partial charge in [-0.3, -0.25) is 4.79 Å². The molecule has 0 spiro atoms. The Hall–Kier alpha value is -3.09. The number of rotatable bonds is 3. The number of hydrogen-bond donors (Lipinski definition) is 3. The summed E-state index contributed by atoms with van der Waals surface area (Å²) in [7, 11) is 0. The number of carbonyl (C=O) groups excluding carboxylic acids is 2. The number of halogens is 1. The van der Waals surface area contributed by atoms with Crippen LogP contribution in [0.15, 0.2) is 58.3 Å². The van der Waals surface area contributed by atoms with E-state index in [9.17, 15) is 14.0 Å². The van der Waals surface area contributed by atoms with Crippen LogP contribution in [0.4, 0.5) is 14.9 Å². The Morgan fingerprint density at radius 1 is 1.26 bits per heavy atom. The number of benzene rings is 1. The summed E-state index contributed by atoms with van der Waals surface area (Å²) in [6, 6.07) is 7.66. The van der Waals surface area contributed by atoms with Crippen LogP contribution in [-0.4, -0.2) is 11.9 Å². The van der Waals surface area contributed by atoms with Gasteiger partial charge in [-0.25, -0.2) is 9.18 Å². The molecule has 1 aliphatic heterocycles. The minimum atomic E-state index is -0.695. The van der Waals surface area contributed by atoms with Crippen LogP contribution < -0.4 is 16.0 Å². The average Bonchev–Trinajstić information content (AvgIpc) is 3.03. The first-order chi connectivity index (χ1) is 11.0. The summed E-state index contributed by atoms with van der Waals surface area (Å²) in [6.45, 7) is 1.63. The van der Waals surface area contributed by atoms with Gasteiger partial charge in [0.2, 0.25) is 0 Å². The van der Waals surface area contributed by atoms with E-state index in [1.165, 1.54) is 30.5 Å². The third-order valence-corrected chi connectivity index (χ3v) is 3.44. The van der Waals surface area contributed by atoms with Gasteiger partial charge in [-0.15, -0.1) is 0 Å². The molecule has 0 bridgehead atoms. The summed E-state index contributed by atoms with van der Waals surface area (Å²) < 4.78 is 18.2. The van der Waals surface area contributed by atoms with Gasteiger partial charge >= 0.3 is 6.03 Å². The van der Waals surface area contributed by atoms with E-state index in [0.717, 1.165) is 0 Å². The van der Waals surface area contributed by atoms with E-state index in [1.807, 2.05) is 0 Å². The fourth-order valence-electron chi connectivity index (χ4n) is 2.40. The van der Waals surface area contributed by atoms with Crippen LogP contribution in [0.5, 0.6) is 0 Å². The third kappa shape index (κ3) is 3.08. The molecule has 2 heterocycles. The van der Waals surface area contributed by atoms with Crippen LogP contribution in [0.25, 0.3) is 0 Å². The lowest BCUT2D eigenvalue weighted by Gasteiger charge is -2.27. The highest BCUT2D eigenvalue weighted by Gasteiger charge is 2.32. The topological polar surface area (TPSA) is 83.4 Å². The van der Waals surface area contributed by atoms with Crippen molar-refractivity contribution < 1.29 is 18.4 Å². The zero-order chi connectivity index (χ0) is 16.4. The highest BCUT2D eigenvalue weighted by Crippen LogP contribution is 2.27. The fraction of sp³-hybridized carbons (Fsp3) is 0.125. The van der Waals surface area contributed by atoms with Gasteiger partial charge in [-0.05, 0) is 43.3 Å². The molecule has 0 saturated heterocycles. The Kier molecular flexibility index (Phi) is 3.84. The summed E-state index contributed by atoms with van der Waals surface area (Å²) in [4.78, 5) is 24.3. The van der Waals surface area contributed by atoms with Crippen LogP contribution >= 0.6 is 0 Å². The lowest BCUT2D eigenvalue weighted by Crippen LogP contribution is -2.45. The van der Waals surface area contributed by atoms with Gasteiger partial charge in [0.1, 0.15) is 17.6 Å². The number of amides is 3. The third-order valence-electron chi connectivity index (χ3n) is 3.44.